The number of methoxy groups -OCH3 is 4. The molecule has 2 aromatic carbocycles. The van der Waals surface area contributed by atoms with Crippen molar-refractivity contribution < 1.29 is 38.4 Å². The maximum absolute atomic E-state index is 13.2. The zero-order valence-corrected chi connectivity index (χ0v) is 22.5. The van der Waals surface area contributed by atoms with E-state index in [0.717, 1.165) is 11.8 Å². The minimum absolute atomic E-state index is 0.0663. The molecule has 0 aliphatic heterocycles. The van der Waals surface area contributed by atoms with Gasteiger partial charge in [0.1, 0.15) is 17.1 Å². The van der Waals surface area contributed by atoms with Gasteiger partial charge < -0.3 is 39.1 Å². The van der Waals surface area contributed by atoms with Gasteiger partial charge in [0.05, 0.1) is 40.6 Å². The number of aromatic hydroxyl groups is 1. The molecule has 0 spiro atoms. The molecule has 1 atom stereocenters. The molecule has 1 unspecified atom stereocenters. The van der Waals surface area contributed by atoms with Gasteiger partial charge in [-0.25, -0.2) is 4.79 Å². The number of hydrogen-bond donors (Lipinski definition) is 3. The Kier molecular flexibility index (Phi) is 9.80. The van der Waals surface area contributed by atoms with Gasteiger partial charge in [0.25, 0.3) is 5.56 Å². The number of ether oxygens (including phenoxy) is 5. The fourth-order valence-electron chi connectivity index (χ4n) is 4.11. The number of benzene rings is 2. The van der Waals surface area contributed by atoms with E-state index in [1.54, 1.807) is 38.3 Å². The van der Waals surface area contributed by atoms with Gasteiger partial charge in [0.2, 0.25) is 11.7 Å². The SMILES string of the molecule is CCOC(=O)c1c[nH]c(=O)c(C(CC(=O)NCc2ccc(OC)cc2)c2cc(OC)c(OC)c(OC)c2)c1O. The second kappa shape index (κ2) is 13.2. The lowest BCUT2D eigenvalue weighted by atomic mass is 9.87. The molecule has 1 heterocycles. The average molecular weight is 541 g/mol. The summed E-state index contributed by atoms with van der Waals surface area (Å²) in [6, 6.07) is 10.3. The van der Waals surface area contributed by atoms with Gasteiger partial charge in [-0.3, -0.25) is 9.59 Å². The van der Waals surface area contributed by atoms with Crippen molar-refractivity contribution in [1.82, 2.24) is 10.3 Å². The maximum Gasteiger partial charge on any atom is 0.343 e. The van der Waals surface area contributed by atoms with Crippen LogP contribution >= 0.6 is 0 Å². The van der Waals surface area contributed by atoms with Crippen molar-refractivity contribution in [2.24, 2.45) is 0 Å². The fourth-order valence-corrected chi connectivity index (χ4v) is 4.11. The van der Waals surface area contributed by atoms with Crippen LogP contribution in [0.1, 0.15) is 46.3 Å². The molecule has 0 radical (unpaired) electrons. The zero-order valence-electron chi connectivity index (χ0n) is 22.5. The molecule has 11 heteroatoms. The third-order valence-electron chi connectivity index (χ3n) is 6.07. The summed E-state index contributed by atoms with van der Waals surface area (Å²) in [6.45, 7) is 1.90. The second-order valence-corrected chi connectivity index (χ2v) is 8.35. The minimum Gasteiger partial charge on any atom is -0.506 e. The highest BCUT2D eigenvalue weighted by Gasteiger charge is 2.30. The Morgan fingerprint density at radius 1 is 0.974 bits per heavy atom. The van der Waals surface area contributed by atoms with Crippen LogP contribution in [-0.4, -0.2) is 57.0 Å². The van der Waals surface area contributed by atoms with Crippen LogP contribution < -0.4 is 29.8 Å². The molecular formula is C28H32N2O9. The van der Waals surface area contributed by atoms with Crippen LogP contribution in [0.3, 0.4) is 0 Å². The van der Waals surface area contributed by atoms with Gasteiger partial charge >= 0.3 is 5.97 Å². The highest BCUT2D eigenvalue weighted by Crippen LogP contribution is 2.43. The Morgan fingerprint density at radius 2 is 1.62 bits per heavy atom. The quantitative estimate of drug-likeness (QED) is 0.295. The van der Waals surface area contributed by atoms with Crippen molar-refractivity contribution >= 4 is 11.9 Å². The Balaban J connectivity index is 2.07. The zero-order chi connectivity index (χ0) is 28.5. The molecule has 11 nitrogen and oxygen atoms in total. The summed E-state index contributed by atoms with van der Waals surface area (Å²) in [6.07, 6.45) is 0.826. The number of H-pyrrole nitrogens is 1. The number of aromatic amines is 1. The largest absolute Gasteiger partial charge is 0.506 e. The van der Waals surface area contributed by atoms with Crippen LogP contribution in [0.15, 0.2) is 47.4 Å². The van der Waals surface area contributed by atoms with Crippen molar-refractivity contribution in [2.45, 2.75) is 25.8 Å². The lowest BCUT2D eigenvalue weighted by Gasteiger charge is -2.22. The first-order chi connectivity index (χ1) is 18.8. The molecule has 0 bridgehead atoms. The fraction of sp³-hybridized carbons (Fsp3) is 0.321. The van der Waals surface area contributed by atoms with Crippen molar-refractivity contribution in [1.29, 1.82) is 0 Å². The molecule has 1 aromatic heterocycles. The van der Waals surface area contributed by atoms with E-state index in [0.29, 0.717) is 17.1 Å². The molecule has 3 N–H and O–H groups in total. The normalized spacial score (nSPS) is 11.3. The summed E-state index contributed by atoms with van der Waals surface area (Å²) in [7, 11) is 5.88. The predicted molar refractivity (Wildman–Crippen MR) is 142 cm³/mol. The molecule has 39 heavy (non-hydrogen) atoms. The molecule has 0 fully saturated rings. The molecule has 0 saturated carbocycles. The number of aromatic nitrogens is 1. The Labute approximate surface area is 225 Å². The highest BCUT2D eigenvalue weighted by atomic mass is 16.5. The first-order valence-corrected chi connectivity index (χ1v) is 12.1. The molecule has 3 aromatic rings. The van der Waals surface area contributed by atoms with Crippen LogP contribution in [-0.2, 0) is 16.1 Å². The molecule has 1 amide bonds. The maximum atomic E-state index is 13.2. The number of carbonyl (C=O) groups is 2. The summed E-state index contributed by atoms with van der Waals surface area (Å²) < 4.78 is 26.5. The van der Waals surface area contributed by atoms with Crippen LogP contribution in [0.25, 0.3) is 0 Å². The number of hydrogen-bond acceptors (Lipinski definition) is 9. The van der Waals surface area contributed by atoms with Crippen molar-refractivity contribution in [2.75, 3.05) is 35.0 Å². The molecule has 0 aliphatic carbocycles. The van der Waals surface area contributed by atoms with Crippen LogP contribution in [0.5, 0.6) is 28.7 Å². The molecule has 0 aliphatic rings. The van der Waals surface area contributed by atoms with E-state index in [-0.39, 0.29) is 42.2 Å². The van der Waals surface area contributed by atoms with E-state index in [9.17, 15) is 19.5 Å². The summed E-state index contributed by atoms with van der Waals surface area (Å²) in [4.78, 5) is 41.1. The number of amides is 1. The third kappa shape index (κ3) is 6.61. The third-order valence-corrected chi connectivity index (χ3v) is 6.07. The first kappa shape index (κ1) is 28.9. The lowest BCUT2D eigenvalue weighted by Crippen LogP contribution is -2.28. The highest BCUT2D eigenvalue weighted by molar-refractivity contribution is 5.92. The Hall–Kier alpha value is -4.67. The summed E-state index contributed by atoms with van der Waals surface area (Å²) in [5, 5.41) is 13.9. The Bertz CT molecular complexity index is 1340. The van der Waals surface area contributed by atoms with Gasteiger partial charge in [-0.2, -0.15) is 0 Å². The molecule has 208 valence electrons. The van der Waals surface area contributed by atoms with E-state index in [1.807, 2.05) is 12.1 Å². The average Bonchev–Trinajstić information content (AvgIpc) is 2.95. The van der Waals surface area contributed by atoms with Gasteiger partial charge in [-0.1, -0.05) is 12.1 Å². The molecule has 0 saturated heterocycles. The lowest BCUT2D eigenvalue weighted by molar-refractivity contribution is -0.121. The predicted octanol–water partition coefficient (Wildman–Crippen LogP) is 3.13. The van der Waals surface area contributed by atoms with Gasteiger partial charge in [-0.15, -0.1) is 0 Å². The van der Waals surface area contributed by atoms with E-state index in [2.05, 4.69) is 10.3 Å². The van der Waals surface area contributed by atoms with Crippen LogP contribution in [0.4, 0.5) is 0 Å². The number of pyridine rings is 1. The van der Waals surface area contributed by atoms with E-state index in [1.165, 1.54) is 21.3 Å². The van der Waals surface area contributed by atoms with E-state index in [4.69, 9.17) is 23.7 Å². The summed E-state index contributed by atoms with van der Waals surface area (Å²) >= 11 is 0. The topological polar surface area (TPSA) is 145 Å². The molecular weight excluding hydrogens is 508 g/mol. The number of carbonyl (C=O) groups excluding carboxylic acids is 2. The summed E-state index contributed by atoms with van der Waals surface area (Å²) in [5.74, 6) is -1.26. The monoisotopic (exact) mass is 540 g/mol. The van der Waals surface area contributed by atoms with Crippen molar-refractivity contribution in [3.05, 3.63) is 75.2 Å². The standard InChI is InChI=1S/C28H32N2O9/c1-6-39-28(34)20-15-30-27(33)24(25(20)32)19(17-11-21(36-3)26(38-5)22(12-17)37-4)13-23(31)29-14-16-7-9-18(35-2)10-8-16/h7-12,15,19H,6,13-14H2,1-5H3,(H,29,31)(H2,30,32,33). The smallest absolute Gasteiger partial charge is 0.343 e. The van der Waals surface area contributed by atoms with E-state index < -0.39 is 29.1 Å². The summed E-state index contributed by atoms with van der Waals surface area (Å²) in [5.41, 5.74) is 0.142. The number of nitrogens with one attached hydrogen (secondary N) is 2. The first-order valence-electron chi connectivity index (χ1n) is 12.1. The Morgan fingerprint density at radius 3 is 2.15 bits per heavy atom. The van der Waals surface area contributed by atoms with Gasteiger partial charge in [-0.05, 0) is 42.3 Å². The van der Waals surface area contributed by atoms with Crippen LogP contribution in [0.2, 0.25) is 0 Å². The van der Waals surface area contributed by atoms with Gasteiger partial charge in [0.15, 0.2) is 11.5 Å². The number of esters is 1. The second-order valence-electron chi connectivity index (χ2n) is 8.35. The van der Waals surface area contributed by atoms with Crippen molar-refractivity contribution in [3.63, 3.8) is 0 Å². The van der Waals surface area contributed by atoms with Crippen LogP contribution in [0, 0.1) is 0 Å². The number of rotatable bonds is 12. The van der Waals surface area contributed by atoms with E-state index >= 15 is 0 Å². The minimum atomic E-state index is -1.01. The van der Waals surface area contributed by atoms with Gasteiger partial charge in [0, 0.05) is 25.1 Å². The van der Waals surface area contributed by atoms with Crippen molar-refractivity contribution in [3.8, 4) is 28.7 Å². The molecule has 3 rings (SSSR count).